The fraction of sp³-hybridized carbons (Fsp3) is 0.0769. The fourth-order valence-electron chi connectivity index (χ4n) is 3.22. The molecule has 0 unspecified atom stereocenters. The van der Waals surface area contributed by atoms with E-state index in [9.17, 15) is 13.2 Å². The molecule has 0 aliphatic rings. The molecule has 4 heteroatoms. The summed E-state index contributed by atoms with van der Waals surface area (Å²) in [7, 11) is 0. The molecular formula is C26H19F3O. The summed E-state index contributed by atoms with van der Waals surface area (Å²) in [6.45, 7) is 1.61. The lowest BCUT2D eigenvalue weighted by molar-refractivity contribution is 0.297. The van der Waals surface area contributed by atoms with Crippen molar-refractivity contribution in [2.24, 2.45) is 0 Å². The Balaban J connectivity index is 1.48. The van der Waals surface area contributed by atoms with Crippen molar-refractivity contribution in [3.05, 3.63) is 114 Å². The summed E-state index contributed by atoms with van der Waals surface area (Å²) in [5, 5.41) is 0. The third-order valence-electron chi connectivity index (χ3n) is 5.00. The molecule has 0 bridgehead atoms. The number of halogens is 3. The second kappa shape index (κ2) is 8.46. The minimum absolute atomic E-state index is 0.101. The Kier molecular flexibility index (Phi) is 5.57. The normalized spacial score (nSPS) is 10.8. The van der Waals surface area contributed by atoms with Gasteiger partial charge in [0.25, 0.3) is 0 Å². The van der Waals surface area contributed by atoms with Crippen molar-refractivity contribution < 1.29 is 17.9 Å². The van der Waals surface area contributed by atoms with E-state index >= 15 is 0 Å². The zero-order chi connectivity index (χ0) is 21.1. The van der Waals surface area contributed by atoms with E-state index in [2.05, 4.69) is 0 Å². The lowest BCUT2D eigenvalue weighted by atomic mass is 10.0. The van der Waals surface area contributed by atoms with Crippen molar-refractivity contribution in [3.8, 4) is 28.0 Å². The average Bonchev–Trinajstić information content (AvgIpc) is 2.78. The standard InChI is InChI=1S/C26H19F3O/c1-17-7-8-20(15-24(17)27)18-9-12-22(13-10-18)30-16-21-11-14-23(26(29)25(21)28)19-5-3-2-4-6-19/h2-15H,16H2,1H3. The Morgan fingerprint density at radius 3 is 2.07 bits per heavy atom. The molecule has 0 fully saturated rings. The summed E-state index contributed by atoms with van der Waals surface area (Å²) in [5.41, 5.74) is 3.15. The van der Waals surface area contributed by atoms with Crippen LogP contribution in [0, 0.1) is 24.4 Å². The molecule has 150 valence electrons. The van der Waals surface area contributed by atoms with Gasteiger partial charge >= 0.3 is 0 Å². The van der Waals surface area contributed by atoms with Crippen molar-refractivity contribution in [3.63, 3.8) is 0 Å². The Hall–Kier alpha value is -3.53. The summed E-state index contributed by atoms with van der Waals surface area (Å²) in [5.74, 6) is -1.55. The van der Waals surface area contributed by atoms with Gasteiger partial charge in [-0.3, -0.25) is 0 Å². The quantitative estimate of drug-likeness (QED) is 0.338. The number of rotatable bonds is 5. The second-order valence-electron chi connectivity index (χ2n) is 7.04. The van der Waals surface area contributed by atoms with Crippen LogP contribution in [-0.4, -0.2) is 0 Å². The maximum Gasteiger partial charge on any atom is 0.167 e. The van der Waals surface area contributed by atoms with Crippen LogP contribution in [0.25, 0.3) is 22.3 Å². The summed E-state index contributed by atoms with van der Waals surface area (Å²) in [4.78, 5) is 0. The van der Waals surface area contributed by atoms with E-state index in [0.717, 1.165) is 11.1 Å². The molecule has 0 aromatic heterocycles. The van der Waals surface area contributed by atoms with Crippen LogP contribution in [0.3, 0.4) is 0 Å². The molecule has 0 amide bonds. The zero-order valence-corrected chi connectivity index (χ0v) is 16.3. The lowest BCUT2D eigenvalue weighted by Crippen LogP contribution is -2.02. The number of ether oxygens (including phenoxy) is 1. The Labute approximate surface area is 173 Å². The molecule has 0 saturated carbocycles. The van der Waals surface area contributed by atoms with Crippen LogP contribution in [0.2, 0.25) is 0 Å². The minimum Gasteiger partial charge on any atom is -0.489 e. The smallest absolute Gasteiger partial charge is 0.167 e. The highest BCUT2D eigenvalue weighted by atomic mass is 19.2. The minimum atomic E-state index is -0.914. The summed E-state index contributed by atoms with van der Waals surface area (Å²) in [6.07, 6.45) is 0. The van der Waals surface area contributed by atoms with Crippen LogP contribution in [0.5, 0.6) is 5.75 Å². The van der Waals surface area contributed by atoms with Gasteiger partial charge in [-0.1, -0.05) is 66.7 Å². The van der Waals surface area contributed by atoms with Gasteiger partial charge in [-0.05, 0) is 47.4 Å². The highest BCUT2D eigenvalue weighted by Gasteiger charge is 2.15. The van der Waals surface area contributed by atoms with E-state index in [1.54, 1.807) is 67.6 Å². The van der Waals surface area contributed by atoms with Gasteiger partial charge in [0.2, 0.25) is 0 Å². The molecule has 30 heavy (non-hydrogen) atoms. The SMILES string of the molecule is Cc1ccc(-c2ccc(OCc3ccc(-c4ccccc4)c(F)c3F)cc2)cc1F. The van der Waals surface area contributed by atoms with Crippen molar-refractivity contribution in [1.82, 2.24) is 0 Å². The van der Waals surface area contributed by atoms with Crippen molar-refractivity contribution >= 4 is 0 Å². The second-order valence-corrected chi connectivity index (χ2v) is 7.04. The molecule has 0 atom stereocenters. The van der Waals surface area contributed by atoms with Crippen LogP contribution in [0.15, 0.2) is 84.9 Å². The molecule has 1 nitrogen and oxygen atoms in total. The summed E-state index contributed by atoms with van der Waals surface area (Å²) < 4.78 is 48.4. The first-order valence-corrected chi connectivity index (χ1v) is 9.54. The maximum atomic E-state index is 14.5. The first-order chi connectivity index (χ1) is 14.5. The lowest BCUT2D eigenvalue weighted by Gasteiger charge is -2.11. The van der Waals surface area contributed by atoms with Gasteiger partial charge in [0.1, 0.15) is 18.2 Å². The molecule has 0 radical (unpaired) electrons. The van der Waals surface area contributed by atoms with Crippen molar-refractivity contribution in [2.45, 2.75) is 13.5 Å². The number of hydrogen-bond acceptors (Lipinski definition) is 1. The van der Waals surface area contributed by atoms with E-state index in [-0.39, 0.29) is 23.6 Å². The van der Waals surface area contributed by atoms with Gasteiger partial charge in [0, 0.05) is 11.1 Å². The van der Waals surface area contributed by atoms with Gasteiger partial charge in [-0.25, -0.2) is 13.2 Å². The van der Waals surface area contributed by atoms with Crippen LogP contribution in [0.4, 0.5) is 13.2 Å². The Morgan fingerprint density at radius 1 is 0.667 bits per heavy atom. The predicted molar refractivity (Wildman–Crippen MR) is 113 cm³/mol. The molecule has 0 N–H and O–H groups in total. The summed E-state index contributed by atoms with van der Waals surface area (Å²) in [6, 6.07) is 24.0. The highest BCUT2D eigenvalue weighted by Crippen LogP contribution is 2.28. The third kappa shape index (κ3) is 4.08. The third-order valence-corrected chi connectivity index (χ3v) is 5.00. The van der Waals surface area contributed by atoms with Crippen LogP contribution >= 0.6 is 0 Å². The molecule has 0 spiro atoms. The van der Waals surface area contributed by atoms with E-state index in [4.69, 9.17) is 4.74 Å². The molecule has 0 aliphatic carbocycles. The van der Waals surface area contributed by atoms with E-state index < -0.39 is 11.6 Å². The molecule has 0 heterocycles. The van der Waals surface area contributed by atoms with Crippen molar-refractivity contribution in [2.75, 3.05) is 0 Å². The van der Waals surface area contributed by atoms with Gasteiger partial charge in [0.15, 0.2) is 11.6 Å². The Morgan fingerprint density at radius 2 is 1.37 bits per heavy atom. The maximum absolute atomic E-state index is 14.5. The molecule has 4 rings (SSSR count). The molecule has 0 saturated heterocycles. The fourth-order valence-corrected chi connectivity index (χ4v) is 3.22. The average molecular weight is 404 g/mol. The first-order valence-electron chi connectivity index (χ1n) is 9.54. The van der Waals surface area contributed by atoms with Gasteiger partial charge in [-0.15, -0.1) is 0 Å². The predicted octanol–water partition coefficient (Wildman–Crippen LogP) is 7.33. The largest absolute Gasteiger partial charge is 0.489 e. The zero-order valence-electron chi connectivity index (χ0n) is 16.3. The van der Waals surface area contributed by atoms with E-state index in [0.29, 0.717) is 16.9 Å². The number of benzene rings is 4. The Bertz CT molecular complexity index is 1170. The first kappa shape index (κ1) is 19.8. The van der Waals surface area contributed by atoms with Gasteiger partial charge in [-0.2, -0.15) is 0 Å². The van der Waals surface area contributed by atoms with Gasteiger partial charge in [0.05, 0.1) is 0 Å². The van der Waals surface area contributed by atoms with Crippen LogP contribution < -0.4 is 4.74 Å². The van der Waals surface area contributed by atoms with Crippen LogP contribution in [-0.2, 0) is 6.61 Å². The summed E-state index contributed by atoms with van der Waals surface area (Å²) >= 11 is 0. The topological polar surface area (TPSA) is 9.23 Å². The molecule has 4 aromatic rings. The molecular weight excluding hydrogens is 385 g/mol. The monoisotopic (exact) mass is 404 g/mol. The van der Waals surface area contributed by atoms with E-state index in [1.807, 2.05) is 12.1 Å². The molecule has 4 aromatic carbocycles. The number of hydrogen-bond donors (Lipinski definition) is 0. The van der Waals surface area contributed by atoms with Crippen molar-refractivity contribution in [1.29, 1.82) is 0 Å². The van der Waals surface area contributed by atoms with Crippen LogP contribution in [0.1, 0.15) is 11.1 Å². The number of aryl methyl sites for hydroxylation is 1. The van der Waals surface area contributed by atoms with Gasteiger partial charge < -0.3 is 4.74 Å². The van der Waals surface area contributed by atoms with E-state index in [1.165, 1.54) is 12.1 Å². The molecule has 0 aliphatic heterocycles. The highest BCUT2D eigenvalue weighted by molar-refractivity contribution is 5.65.